The van der Waals surface area contributed by atoms with E-state index in [1.54, 1.807) is 0 Å². The molecule has 1 aromatic carbocycles. The third-order valence-corrected chi connectivity index (χ3v) is 4.86. The number of anilines is 1. The molecule has 1 N–H and O–H groups in total. The van der Waals surface area contributed by atoms with Crippen LogP contribution in [0.5, 0.6) is 0 Å². The van der Waals surface area contributed by atoms with Crippen molar-refractivity contribution in [3.05, 3.63) is 44.6 Å². The zero-order valence-electron chi connectivity index (χ0n) is 12.7. The van der Waals surface area contributed by atoms with E-state index in [0.29, 0.717) is 12.6 Å². The quantitative estimate of drug-likeness (QED) is 0.657. The zero-order valence-corrected chi connectivity index (χ0v) is 15.8. The van der Waals surface area contributed by atoms with Crippen LogP contribution in [0.2, 0.25) is 0 Å². The van der Waals surface area contributed by atoms with Gasteiger partial charge >= 0.3 is 0 Å². The normalized spacial score (nSPS) is 11.1. The lowest BCUT2D eigenvalue weighted by Gasteiger charge is -2.13. The van der Waals surface area contributed by atoms with Gasteiger partial charge < -0.3 is 5.32 Å². The molecule has 5 heteroatoms. The highest BCUT2D eigenvalue weighted by molar-refractivity contribution is 9.11. The molecule has 0 aliphatic rings. The Hall–Kier alpha value is -0.810. The number of aryl methyl sites for hydroxylation is 1. The molecule has 114 valence electrons. The number of aromatic nitrogens is 2. The van der Waals surface area contributed by atoms with Gasteiger partial charge in [0.1, 0.15) is 0 Å². The van der Waals surface area contributed by atoms with Crippen LogP contribution in [0.1, 0.15) is 44.0 Å². The van der Waals surface area contributed by atoms with Gasteiger partial charge in [0, 0.05) is 15.1 Å². The van der Waals surface area contributed by atoms with Crippen molar-refractivity contribution in [3.8, 4) is 0 Å². The second-order valence-electron chi connectivity index (χ2n) is 5.21. The SMILES string of the molecule is CCC(CC)n1ccc(CNc2c(Br)cc(C)cc2Br)n1. The summed E-state index contributed by atoms with van der Waals surface area (Å²) < 4.78 is 4.21. The van der Waals surface area contributed by atoms with Crippen LogP contribution in [-0.4, -0.2) is 9.78 Å². The molecule has 21 heavy (non-hydrogen) atoms. The second kappa shape index (κ2) is 7.45. The lowest BCUT2D eigenvalue weighted by molar-refractivity contribution is 0.426. The van der Waals surface area contributed by atoms with Crippen LogP contribution in [-0.2, 0) is 6.54 Å². The van der Waals surface area contributed by atoms with Gasteiger partial charge in [-0.2, -0.15) is 5.10 Å². The Morgan fingerprint density at radius 1 is 1.19 bits per heavy atom. The Bertz CT molecular complexity index is 580. The standard InChI is InChI=1S/C16H21Br2N3/c1-4-13(5-2)21-7-6-12(20-21)10-19-16-14(17)8-11(3)9-15(16)18/h6-9,13,19H,4-5,10H2,1-3H3. The van der Waals surface area contributed by atoms with E-state index in [4.69, 9.17) is 0 Å². The fourth-order valence-electron chi connectivity index (χ4n) is 2.39. The van der Waals surface area contributed by atoms with Crippen LogP contribution in [0, 0.1) is 6.92 Å². The van der Waals surface area contributed by atoms with Gasteiger partial charge in [0.25, 0.3) is 0 Å². The molecule has 0 atom stereocenters. The second-order valence-corrected chi connectivity index (χ2v) is 6.92. The minimum Gasteiger partial charge on any atom is -0.377 e. The highest BCUT2D eigenvalue weighted by atomic mass is 79.9. The number of benzene rings is 1. The van der Waals surface area contributed by atoms with E-state index in [9.17, 15) is 0 Å². The van der Waals surface area contributed by atoms with Gasteiger partial charge in [-0.25, -0.2) is 0 Å². The topological polar surface area (TPSA) is 29.9 Å². The molecular weight excluding hydrogens is 394 g/mol. The number of nitrogens with zero attached hydrogens (tertiary/aromatic N) is 2. The Balaban J connectivity index is 2.07. The van der Waals surface area contributed by atoms with Crippen LogP contribution in [0.15, 0.2) is 33.3 Å². The molecule has 1 aromatic heterocycles. The summed E-state index contributed by atoms with van der Waals surface area (Å²) >= 11 is 7.21. The molecule has 0 unspecified atom stereocenters. The molecule has 0 spiro atoms. The monoisotopic (exact) mass is 413 g/mol. The summed E-state index contributed by atoms with van der Waals surface area (Å²) in [7, 11) is 0. The summed E-state index contributed by atoms with van der Waals surface area (Å²) in [5.74, 6) is 0. The maximum absolute atomic E-state index is 4.67. The first-order valence-electron chi connectivity index (χ1n) is 7.28. The van der Waals surface area contributed by atoms with Gasteiger partial charge in [-0.15, -0.1) is 0 Å². The van der Waals surface area contributed by atoms with E-state index < -0.39 is 0 Å². The van der Waals surface area contributed by atoms with E-state index in [0.717, 1.165) is 33.2 Å². The number of hydrogen-bond acceptors (Lipinski definition) is 2. The molecule has 0 aliphatic carbocycles. The van der Waals surface area contributed by atoms with Gasteiger partial charge in [-0.05, 0) is 75.4 Å². The van der Waals surface area contributed by atoms with E-state index in [2.05, 4.69) is 92.1 Å². The molecule has 1 heterocycles. The molecule has 0 bridgehead atoms. The van der Waals surface area contributed by atoms with E-state index in [1.165, 1.54) is 5.56 Å². The fourth-order valence-corrected chi connectivity index (χ4v) is 4.08. The average molecular weight is 415 g/mol. The van der Waals surface area contributed by atoms with Crippen molar-refractivity contribution >= 4 is 37.5 Å². The van der Waals surface area contributed by atoms with E-state index >= 15 is 0 Å². The third kappa shape index (κ3) is 4.10. The van der Waals surface area contributed by atoms with Gasteiger partial charge in [0.2, 0.25) is 0 Å². The first-order chi connectivity index (χ1) is 10.0. The van der Waals surface area contributed by atoms with E-state index in [1.807, 2.05) is 0 Å². The molecule has 2 aromatic rings. The third-order valence-electron chi connectivity index (χ3n) is 3.61. The van der Waals surface area contributed by atoms with E-state index in [-0.39, 0.29) is 0 Å². The Labute approximate surface area is 143 Å². The summed E-state index contributed by atoms with van der Waals surface area (Å²) in [4.78, 5) is 0. The molecule has 0 aliphatic heterocycles. The lowest BCUT2D eigenvalue weighted by atomic mass is 10.2. The van der Waals surface area contributed by atoms with Crippen molar-refractivity contribution in [2.24, 2.45) is 0 Å². The zero-order chi connectivity index (χ0) is 15.4. The maximum Gasteiger partial charge on any atom is 0.0815 e. The predicted molar refractivity (Wildman–Crippen MR) is 95.8 cm³/mol. The van der Waals surface area contributed by atoms with Crippen LogP contribution < -0.4 is 5.32 Å². The minimum absolute atomic E-state index is 0.497. The Morgan fingerprint density at radius 2 is 1.81 bits per heavy atom. The summed E-state index contributed by atoms with van der Waals surface area (Å²) in [5.41, 5.74) is 3.34. The van der Waals surface area contributed by atoms with Crippen molar-refractivity contribution in [1.29, 1.82) is 0 Å². The molecular formula is C16H21Br2N3. The van der Waals surface area contributed by atoms with Crippen molar-refractivity contribution < 1.29 is 0 Å². The Kier molecular flexibility index (Phi) is 5.88. The Morgan fingerprint density at radius 3 is 2.38 bits per heavy atom. The largest absolute Gasteiger partial charge is 0.377 e. The van der Waals surface area contributed by atoms with Crippen molar-refractivity contribution in [1.82, 2.24) is 9.78 Å². The summed E-state index contributed by atoms with van der Waals surface area (Å²) in [5, 5.41) is 8.11. The molecule has 2 rings (SSSR count). The number of hydrogen-bond donors (Lipinski definition) is 1. The minimum atomic E-state index is 0.497. The highest BCUT2D eigenvalue weighted by Gasteiger charge is 2.09. The molecule has 0 radical (unpaired) electrons. The lowest BCUT2D eigenvalue weighted by Crippen LogP contribution is -2.09. The molecule has 0 fully saturated rings. The molecule has 0 saturated carbocycles. The maximum atomic E-state index is 4.67. The molecule has 3 nitrogen and oxygen atoms in total. The van der Waals surface area contributed by atoms with Gasteiger partial charge in [-0.1, -0.05) is 13.8 Å². The van der Waals surface area contributed by atoms with Crippen LogP contribution in [0.4, 0.5) is 5.69 Å². The number of nitrogens with one attached hydrogen (secondary N) is 1. The van der Waals surface area contributed by atoms with Crippen LogP contribution >= 0.6 is 31.9 Å². The summed E-state index contributed by atoms with van der Waals surface area (Å²) in [6, 6.07) is 6.80. The summed E-state index contributed by atoms with van der Waals surface area (Å²) in [6.45, 7) is 7.20. The molecule has 0 saturated heterocycles. The van der Waals surface area contributed by atoms with Crippen molar-refractivity contribution in [2.75, 3.05) is 5.32 Å². The van der Waals surface area contributed by atoms with Crippen molar-refractivity contribution in [3.63, 3.8) is 0 Å². The summed E-state index contributed by atoms with van der Waals surface area (Å²) in [6.07, 6.45) is 4.30. The number of halogens is 2. The van der Waals surface area contributed by atoms with Gasteiger partial charge in [0.05, 0.1) is 24.0 Å². The van der Waals surface area contributed by atoms with Crippen LogP contribution in [0.3, 0.4) is 0 Å². The highest BCUT2D eigenvalue weighted by Crippen LogP contribution is 2.32. The smallest absolute Gasteiger partial charge is 0.0815 e. The predicted octanol–water partition coefficient (Wildman–Crippen LogP) is 5.69. The average Bonchev–Trinajstić information content (AvgIpc) is 2.87. The molecule has 0 amide bonds. The fraction of sp³-hybridized carbons (Fsp3) is 0.438. The van der Waals surface area contributed by atoms with Crippen molar-refractivity contribution in [2.45, 2.75) is 46.2 Å². The van der Waals surface area contributed by atoms with Gasteiger partial charge in [0.15, 0.2) is 0 Å². The van der Waals surface area contributed by atoms with Gasteiger partial charge in [-0.3, -0.25) is 4.68 Å². The first-order valence-corrected chi connectivity index (χ1v) is 8.87. The van der Waals surface area contributed by atoms with Crippen LogP contribution in [0.25, 0.3) is 0 Å². The first kappa shape index (κ1) is 16.6. The number of rotatable bonds is 6.